The van der Waals surface area contributed by atoms with Gasteiger partial charge in [-0.3, -0.25) is 4.79 Å². The average molecular weight is 215 g/mol. The molecule has 14 heavy (non-hydrogen) atoms. The molecule has 0 aromatic rings. The number of amides is 1. The number of hydrogen-bond acceptors (Lipinski definition) is 2. The number of carbonyl (C=O) groups excluding carboxylic acids is 1. The second kappa shape index (κ2) is 5.64. The smallest absolute Gasteiger partial charge is 0.232 e. The molecular weight excluding hydrogens is 194 g/mol. The maximum atomic E-state index is 11.4. The summed E-state index contributed by atoms with van der Waals surface area (Å²) < 4.78 is 0. The fraction of sp³-hybridized carbons (Fsp3) is 0.909. The first-order chi connectivity index (χ1) is 6.61. The van der Waals surface area contributed by atoms with E-state index in [-0.39, 0.29) is 11.2 Å². The minimum absolute atomic E-state index is 0.0615. The molecule has 0 aliphatic heterocycles. The van der Waals surface area contributed by atoms with E-state index in [1.165, 1.54) is 32.1 Å². The first kappa shape index (κ1) is 11.9. The highest BCUT2D eigenvalue weighted by Gasteiger charge is 2.22. The van der Waals surface area contributed by atoms with E-state index in [9.17, 15) is 4.79 Å². The Morgan fingerprint density at radius 1 is 1.29 bits per heavy atom. The van der Waals surface area contributed by atoms with E-state index >= 15 is 0 Å². The zero-order valence-electron chi connectivity index (χ0n) is 9.12. The van der Waals surface area contributed by atoms with Gasteiger partial charge in [-0.05, 0) is 32.6 Å². The van der Waals surface area contributed by atoms with E-state index < -0.39 is 0 Å². The van der Waals surface area contributed by atoms with Crippen LogP contribution in [0.4, 0.5) is 0 Å². The molecule has 1 N–H and O–H groups in total. The van der Waals surface area contributed by atoms with Crippen LogP contribution in [-0.2, 0) is 4.79 Å². The van der Waals surface area contributed by atoms with E-state index in [0.29, 0.717) is 12.0 Å². The third-order valence-electron chi connectivity index (χ3n) is 3.11. The van der Waals surface area contributed by atoms with Crippen molar-refractivity contribution in [3.05, 3.63) is 0 Å². The van der Waals surface area contributed by atoms with Gasteiger partial charge in [0.05, 0.1) is 5.25 Å². The Hall–Kier alpha value is -0.180. The van der Waals surface area contributed by atoms with Crippen molar-refractivity contribution < 1.29 is 4.79 Å². The summed E-state index contributed by atoms with van der Waals surface area (Å²) in [5, 5.41) is 2.84. The van der Waals surface area contributed by atoms with Gasteiger partial charge in [0, 0.05) is 6.04 Å². The standard InChI is InChI=1S/C11H21NOS/c1-8(12-11(13)9(2)14)10-6-4-3-5-7-10/h8-10,14H,3-7H2,1-2H3,(H,12,13). The number of thiol groups is 1. The third-order valence-corrected chi connectivity index (χ3v) is 3.34. The molecule has 2 atom stereocenters. The third kappa shape index (κ3) is 3.52. The Morgan fingerprint density at radius 3 is 2.36 bits per heavy atom. The molecule has 1 saturated carbocycles. The number of nitrogens with one attached hydrogen (secondary N) is 1. The summed E-state index contributed by atoms with van der Waals surface area (Å²) in [6.07, 6.45) is 6.54. The van der Waals surface area contributed by atoms with Gasteiger partial charge >= 0.3 is 0 Å². The molecule has 0 saturated heterocycles. The summed E-state index contributed by atoms with van der Waals surface area (Å²) >= 11 is 4.12. The van der Waals surface area contributed by atoms with Gasteiger partial charge in [-0.2, -0.15) is 12.6 Å². The lowest BCUT2D eigenvalue weighted by atomic mass is 9.84. The molecule has 3 heteroatoms. The molecule has 1 rings (SSSR count). The molecule has 1 aliphatic rings. The number of hydrogen-bond donors (Lipinski definition) is 2. The molecule has 0 aromatic carbocycles. The molecule has 1 amide bonds. The molecular formula is C11H21NOS. The molecule has 1 aliphatic carbocycles. The fourth-order valence-corrected chi connectivity index (χ4v) is 2.17. The van der Waals surface area contributed by atoms with Crippen LogP contribution >= 0.6 is 12.6 Å². The van der Waals surface area contributed by atoms with Crippen LogP contribution in [0.3, 0.4) is 0 Å². The molecule has 0 bridgehead atoms. The highest BCUT2D eigenvalue weighted by Crippen LogP contribution is 2.26. The maximum absolute atomic E-state index is 11.4. The topological polar surface area (TPSA) is 29.1 Å². The van der Waals surface area contributed by atoms with Crippen molar-refractivity contribution >= 4 is 18.5 Å². The number of carbonyl (C=O) groups is 1. The normalized spacial score (nSPS) is 22.8. The summed E-state index contributed by atoms with van der Waals surface area (Å²) in [7, 11) is 0. The van der Waals surface area contributed by atoms with Crippen molar-refractivity contribution in [2.75, 3.05) is 0 Å². The van der Waals surface area contributed by atoms with Gasteiger partial charge in [0.15, 0.2) is 0 Å². The molecule has 0 spiro atoms. The van der Waals surface area contributed by atoms with Crippen LogP contribution in [0.15, 0.2) is 0 Å². The first-order valence-electron chi connectivity index (χ1n) is 5.59. The summed E-state index contributed by atoms with van der Waals surface area (Å²) in [5.41, 5.74) is 0. The predicted octanol–water partition coefficient (Wildman–Crippen LogP) is 2.39. The maximum Gasteiger partial charge on any atom is 0.232 e. The van der Waals surface area contributed by atoms with Gasteiger partial charge in [0.2, 0.25) is 5.91 Å². The molecule has 0 radical (unpaired) electrons. The largest absolute Gasteiger partial charge is 0.352 e. The zero-order valence-corrected chi connectivity index (χ0v) is 10.0. The molecule has 0 aromatic heterocycles. The van der Waals surface area contributed by atoms with Crippen LogP contribution < -0.4 is 5.32 Å². The van der Waals surface area contributed by atoms with Crippen LogP contribution in [0.1, 0.15) is 46.0 Å². The van der Waals surface area contributed by atoms with Crippen LogP contribution in [0.5, 0.6) is 0 Å². The molecule has 2 nitrogen and oxygen atoms in total. The number of rotatable bonds is 3. The Balaban J connectivity index is 2.32. The van der Waals surface area contributed by atoms with Crippen LogP contribution in [0.2, 0.25) is 0 Å². The van der Waals surface area contributed by atoms with Gasteiger partial charge in [0.1, 0.15) is 0 Å². The lowest BCUT2D eigenvalue weighted by Crippen LogP contribution is -2.41. The highest BCUT2D eigenvalue weighted by molar-refractivity contribution is 7.81. The summed E-state index contributed by atoms with van der Waals surface area (Å²) in [4.78, 5) is 11.4. The minimum Gasteiger partial charge on any atom is -0.352 e. The second-order valence-electron chi connectivity index (χ2n) is 4.37. The lowest BCUT2D eigenvalue weighted by Gasteiger charge is -2.28. The van der Waals surface area contributed by atoms with Gasteiger partial charge in [-0.15, -0.1) is 0 Å². The van der Waals surface area contributed by atoms with Crippen molar-refractivity contribution in [1.82, 2.24) is 5.32 Å². The average Bonchev–Trinajstić information content (AvgIpc) is 2.19. The van der Waals surface area contributed by atoms with Crippen molar-refractivity contribution in [2.24, 2.45) is 5.92 Å². The fourth-order valence-electron chi connectivity index (χ4n) is 2.10. The molecule has 2 unspecified atom stereocenters. The van der Waals surface area contributed by atoms with E-state index in [4.69, 9.17) is 0 Å². The lowest BCUT2D eigenvalue weighted by molar-refractivity contribution is -0.121. The molecule has 1 fully saturated rings. The van der Waals surface area contributed by atoms with Crippen molar-refractivity contribution in [2.45, 2.75) is 57.2 Å². The van der Waals surface area contributed by atoms with E-state index in [2.05, 4.69) is 24.9 Å². The Labute approximate surface area is 92.2 Å². The van der Waals surface area contributed by atoms with Gasteiger partial charge in [-0.25, -0.2) is 0 Å². The Kier molecular flexibility index (Phi) is 4.79. The van der Waals surface area contributed by atoms with Crippen molar-refractivity contribution in [3.8, 4) is 0 Å². The SMILES string of the molecule is CC(S)C(=O)NC(C)C1CCCCC1. The van der Waals surface area contributed by atoms with Gasteiger partial charge in [0.25, 0.3) is 0 Å². The second-order valence-corrected chi connectivity index (χ2v) is 5.15. The Bertz CT molecular complexity index is 188. The van der Waals surface area contributed by atoms with Crippen molar-refractivity contribution in [3.63, 3.8) is 0 Å². The quantitative estimate of drug-likeness (QED) is 0.695. The summed E-state index contributed by atoms with van der Waals surface area (Å²) in [6, 6.07) is 0.317. The monoisotopic (exact) mass is 215 g/mol. The highest BCUT2D eigenvalue weighted by atomic mass is 32.1. The van der Waals surface area contributed by atoms with E-state index in [0.717, 1.165) is 0 Å². The minimum atomic E-state index is -0.193. The first-order valence-corrected chi connectivity index (χ1v) is 6.11. The van der Waals surface area contributed by atoms with Crippen LogP contribution in [0.25, 0.3) is 0 Å². The van der Waals surface area contributed by atoms with Crippen LogP contribution in [0, 0.1) is 5.92 Å². The Morgan fingerprint density at radius 2 is 1.86 bits per heavy atom. The predicted molar refractivity (Wildman–Crippen MR) is 62.6 cm³/mol. The van der Waals surface area contributed by atoms with Crippen molar-refractivity contribution in [1.29, 1.82) is 0 Å². The van der Waals surface area contributed by atoms with Crippen LogP contribution in [-0.4, -0.2) is 17.2 Å². The summed E-state index contributed by atoms with van der Waals surface area (Å²) in [6.45, 7) is 3.93. The summed E-state index contributed by atoms with van der Waals surface area (Å²) in [5.74, 6) is 0.742. The van der Waals surface area contributed by atoms with E-state index in [1.807, 2.05) is 6.92 Å². The van der Waals surface area contributed by atoms with Gasteiger partial charge in [-0.1, -0.05) is 19.3 Å². The molecule has 82 valence electrons. The van der Waals surface area contributed by atoms with Gasteiger partial charge < -0.3 is 5.32 Å². The molecule has 0 heterocycles. The zero-order chi connectivity index (χ0) is 10.6. The van der Waals surface area contributed by atoms with E-state index in [1.54, 1.807) is 0 Å².